The number of benzene rings is 1. The summed E-state index contributed by atoms with van der Waals surface area (Å²) in [5.41, 5.74) is 1.90. The van der Waals surface area contributed by atoms with Crippen LogP contribution in [0.4, 0.5) is 0 Å². The van der Waals surface area contributed by atoms with Gasteiger partial charge in [0.05, 0.1) is 7.11 Å². The van der Waals surface area contributed by atoms with Gasteiger partial charge in [0.1, 0.15) is 5.75 Å². The lowest BCUT2D eigenvalue weighted by Crippen LogP contribution is -2.45. The SMILES string of the molecule is COc1cccc(C2(CNC(C)(C)C)CCCC2)c1. The Balaban J connectivity index is 2.23. The quantitative estimate of drug-likeness (QED) is 0.887. The number of rotatable bonds is 4. The van der Waals surface area contributed by atoms with E-state index in [0.29, 0.717) is 5.41 Å². The van der Waals surface area contributed by atoms with Crippen molar-refractivity contribution in [3.05, 3.63) is 29.8 Å². The van der Waals surface area contributed by atoms with Crippen LogP contribution in [0.2, 0.25) is 0 Å². The summed E-state index contributed by atoms with van der Waals surface area (Å²) in [5, 5.41) is 3.70. The molecule has 1 aromatic carbocycles. The Morgan fingerprint density at radius 3 is 2.47 bits per heavy atom. The van der Waals surface area contributed by atoms with Crippen LogP contribution in [-0.4, -0.2) is 19.2 Å². The predicted octanol–water partition coefficient (Wildman–Crippen LogP) is 3.90. The Labute approximate surface area is 117 Å². The lowest BCUT2D eigenvalue weighted by molar-refractivity contribution is 0.331. The van der Waals surface area contributed by atoms with Crippen molar-refractivity contribution in [1.82, 2.24) is 5.32 Å². The standard InChI is InChI=1S/C17H27NO/c1-16(2,3)18-13-17(10-5-6-11-17)14-8-7-9-15(12-14)19-4/h7-9,12,18H,5-6,10-11,13H2,1-4H3. The van der Waals surface area contributed by atoms with Crippen molar-refractivity contribution < 1.29 is 4.74 Å². The smallest absolute Gasteiger partial charge is 0.119 e. The lowest BCUT2D eigenvalue weighted by atomic mass is 9.78. The molecule has 0 aromatic heterocycles. The van der Waals surface area contributed by atoms with Gasteiger partial charge in [0.2, 0.25) is 0 Å². The highest BCUT2D eigenvalue weighted by Crippen LogP contribution is 2.41. The zero-order chi connectivity index (χ0) is 13.9. The molecule has 0 amide bonds. The highest BCUT2D eigenvalue weighted by Gasteiger charge is 2.36. The van der Waals surface area contributed by atoms with Gasteiger partial charge in [-0.2, -0.15) is 0 Å². The van der Waals surface area contributed by atoms with Crippen molar-refractivity contribution in [3.63, 3.8) is 0 Å². The molecule has 2 rings (SSSR count). The fourth-order valence-electron chi connectivity index (χ4n) is 3.01. The summed E-state index contributed by atoms with van der Waals surface area (Å²) in [7, 11) is 1.74. The summed E-state index contributed by atoms with van der Waals surface area (Å²) < 4.78 is 5.38. The first kappa shape index (κ1) is 14.4. The Hall–Kier alpha value is -1.02. The van der Waals surface area contributed by atoms with Gasteiger partial charge < -0.3 is 10.1 Å². The van der Waals surface area contributed by atoms with E-state index < -0.39 is 0 Å². The molecule has 106 valence electrons. The molecule has 0 bridgehead atoms. The molecule has 1 saturated carbocycles. The third kappa shape index (κ3) is 3.50. The van der Waals surface area contributed by atoms with Gasteiger partial charge in [-0.15, -0.1) is 0 Å². The summed E-state index contributed by atoms with van der Waals surface area (Å²) in [4.78, 5) is 0. The fraction of sp³-hybridized carbons (Fsp3) is 0.647. The van der Waals surface area contributed by atoms with Gasteiger partial charge in [-0.3, -0.25) is 0 Å². The predicted molar refractivity (Wildman–Crippen MR) is 80.9 cm³/mol. The van der Waals surface area contributed by atoms with E-state index in [1.54, 1.807) is 7.11 Å². The van der Waals surface area contributed by atoms with E-state index in [2.05, 4.69) is 44.3 Å². The van der Waals surface area contributed by atoms with Gasteiger partial charge >= 0.3 is 0 Å². The third-order valence-corrected chi connectivity index (χ3v) is 4.20. The van der Waals surface area contributed by atoms with Crippen LogP contribution in [-0.2, 0) is 5.41 Å². The maximum absolute atomic E-state index is 5.38. The molecular weight excluding hydrogens is 234 g/mol. The molecule has 1 aliphatic carbocycles. The van der Waals surface area contributed by atoms with Crippen molar-refractivity contribution >= 4 is 0 Å². The molecule has 0 spiro atoms. The molecule has 1 N–H and O–H groups in total. The molecule has 1 aromatic rings. The first-order valence-corrected chi connectivity index (χ1v) is 7.35. The minimum Gasteiger partial charge on any atom is -0.497 e. The van der Waals surface area contributed by atoms with Gasteiger partial charge in [0.15, 0.2) is 0 Å². The number of hydrogen-bond donors (Lipinski definition) is 1. The van der Waals surface area contributed by atoms with Gasteiger partial charge in [-0.05, 0) is 51.3 Å². The van der Waals surface area contributed by atoms with E-state index in [-0.39, 0.29) is 5.54 Å². The van der Waals surface area contributed by atoms with Crippen molar-refractivity contribution in [3.8, 4) is 5.75 Å². The average molecular weight is 261 g/mol. The summed E-state index contributed by atoms with van der Waals surface area (Å²) in [6, 6.07) is 8.63. The van der Waals surface area contributed by atoms with Crippen molar-refractivity contribution in [2.24, 2.45) is 0 Å². The summed E-state index contributed by atoms with van der Waals surface area (Å²) >= 11 is 0. The van der Waals surface area contributed by atoms with Gasteiger partial charge in [-0.1, -0.05) is 25.0 Å². The van der Waals surface area contributed by atoms with Crippen LogP contribution in [0.5, 0.6) is 5.75 Å². The molecule has 2 heteroatoms. The second-order valence-electron chi connectivity index (χ2n) is 6.82. The molecule has 2 nitrogen and oxygen atoms in total. The van der Waals surface area contributed by atoms with Crippen LogP contribution in [0.1, 0.15) is 52.0 Å². The maximum atomic E-state index is 5.38. The van der Waals surface area contributed by atoms with Crippen molar-refractivity contribution in [1.29, 1.82) is 0 Å². The summed E-state index contributed by atoms with van der Waals surface area (Å²) in [6.45, 7) is 7.77. The zero-order valence-electron chi connectivity index (χ0n) is 12.8. The van der Waals surface area contributed by atoms with Gasteiger partial charge in [0, 0.05) is 17.5 Å². The molecular formula is C17H27NO. The van der Waals surface area contributed by atoms with Gasteiger partial charge in [0.25, 0.3) is 0 Å². The normalized spacial score (nSPS) is 18.5. The van der Waals surface area contributed by atoms with Crippen LogP contribution < -0.4 is 10.1 Å². The zero-order valence-corrected chi connectivity index (χ0v) is 12.8. The largest absolute Gasteiger partial charge is 0.497 e. The van der Waals surface area contributed by atoms with E-state index in [9.17, 15) is 0 Å². The second kappa shape index (κ2) is 5.54. The second-order valence-corrected chi connectivity index (χ2v) is 6.82. The molecule has 0 radical (unpaired) electrons. The van der Waals surface area contributed by atoms with Crippen LogP contribution in [0, 0.1) is 0 Å². The summed E-state index contributed by atoms with van der Waals surface area (Å²) in [5.74, 6) is 0.972. The van der Waals surface area contributed by atoms with E-state index in [4.69, 9.17) is 4.74 Å². The van der Waals surface area contributed by atoms with Crippen LogP contribution in [0.15, 0.2) is 24.3 Å². The Morgan fingerprint density at radius 2 is 1.89 bits per heavy atom. The van der Waals surface area contributed by atoms with E-state index in [0.717, 1.165) is 12.3 Å². The van der Waals surface area contributed by atoms with E-state index >= 15 is 0 Å². The lowest BCUT2D eigenvalue weighted by Gasteiger charge is -2.34. The molecule has 1 aliphatic rings. The number of hydrogen-bond acceptors (Lipinski definition) is 2. The highest BCUT2D eigenvalue weighted by atomic mass is 16.5. The fourth-order valence-corrected chi connectivity index (χ4v) is 3.01. The molecule has 0 unspecified atom stereocenters. The molecule has 1 fully saturated rings. The van der Waals surface area contributed by atoms with E-state index in [1.165, 1.54) is 31.2 Å². The first-order valence-electron chi connectivity index (χ1n) is 7.35. The highest BCUT2D eigenvalue weighted by molar-refractivity contribution is 5.35. The average Bonchev–Trinajstić information content (AvgIpc) is 2.86. The monoisotopic (exact) mass is 261 g/mol. The minimum absolute atomic E-state index is 0.175. The third-order valence-electron chi connectivity index (χ3n) is 4.20. The van der Waals surface area contributed by atoms with E-state index in [1.807, 2.05) is 6.07 Å². The maximum Gasteiger partial charge on any atom is 0.119 e. The topological polar surface area (TPSA) is 21.3 Å². The molecule has 0 aliphatic heterocycles. The Kier molecular flexibility index (Phi) is 4.19. The van der Waals surface area contributed by atoms with Crippen LogP contribution in [0.25, 0.3) is 0 Å². The first-order chi connectivity index (χ1) is 8.95. The Morgan fingerprint density at radius 1 is 1.21 bits per heavy atom. The molecule has 0 saturated heterocycles. The number of ether oxygens (including phenoxy) is 1. The van der Waals surface area contributed by atoms with Crippen LogP contribution >= 0.6 is 0 Å². The van der Waals surface area contributed by atoms with Crippen LogP contribution in [0.3, 0.4) is 0 Å². The minimum atomic E-state index is 0.175. The van der Waals surface area contributed by atoms with Crippen molar-refractivity contribution in [2.75, 3.05) is 13.7 Å². The molecule has 19 heavy (non-hydrogen) atoms. The van der Waals surface area contributed by atoms with Crippen molar-refractivity contribution in [2.45, 2.75) is 57.4 Å². The number of nitrogens with one attached hydrogen (secondary N) is 1. The summed E-state index contributed by atoms with van der Waals surface area (Å²) in [6.07, 6.45) is 5.23. The molecule has 0 atom stereocenters. The number of methoxy groups -OCH3 is 1. The molecule has 0 heterocycles. The Bertz CT molecular complexity index is 414. The van der Waals surface area contributed by atoms with Gasteiger partial charge in [-0.25, -0.2) is 0 Å².